The van der Waals surface area contributed by atoms with Crippen molar-refractivity contribution in [3.05, 3.63) is 63.9 Å². The van der Waals surface area contributed by atoms with Gasteiger partial charge in [0.15, 0.2) is 0 Å². The third-order valence-electron chi connectivity index (χ3n) is 2.80. The van der Waals surface area contributed by atoms with Gasteiger partial charge < -0.3 is 11.1 Å². The zero-order chi connectivity index (χ0) is 15.4. The minimum Gasteiger partial charge on any atom is -0.369 e. The van der Waals surface area contributed by atoms with E-state index >= 15 is 0 Å². The standard InChI is InChI=1S/C15H12BrFN2O2/c16-10-5-6-12(17)11(8-10)15(21)19-13-4-2-1-3-9(13)7-14(18)20/h1-6,8H,7H2,(H2,18,20)(H,19,21). The molecule has 0 spiro atoms. The molecule has 0 aromatic heterocycles. The minimum absolute atomic E-state index is 0.00256. The highest BCUT2D eigenvalue weighted by Gasteiger charge is 2.14. The minimum atomic E-state index is -0.622. The fourth-order valence-electron chi connectivity index (χ4n) is 1.85. The van der Waals surface area contributed by atoms with Gasteiger partial charge in [-0.1, -0.05) is 34.1 Å². The molecule has 0 aliphatic rings. The summed E-state index contributed by atoms with van der Waals surface area (Å²) in [6.45, 7) is 0. The number of carbonyl (C=O) groups excluding carboxylic acids is 2. The van der Waals surface area contributed by atoms with Crippen LogP contribution in [0.25, 0.3) is 0 Å². The summed E-state index contributed by atoms with van der Waals surface area (Å²) < 4.78 is 14.3. The van der Waals surface area contributed by atoms with Gasteiger partial charge in [0.25, 0.3) is 5.91 Å². The van der Waals surface area contributed by atoms with E-state index in [0.717, 1.165) is 0 Å². The van der Waals surface area contributed by atoms with Crippen LogP contribution < -0.4 is 11.1 Å². The maximum atomic E-state index is 13.7. The van der Waals surface area contributed by atoms with E-state index < -0.39 is 17.6 Å². The summed E-state index contributed by atoms with van der Waals surface area (Å²) in [6.07, 6.45) is -0.00256. The van der Waals surface area contributed by atoms with Crippen molar-refractivity contribution in [1.82, 2.24) is 0 Å². The molecule has 0 unspecified atom stereocenters. The molecule has 2 amide bonds. The second kappa shape index (κ2) is 6.49. The molecule has 3 N–H and O–H groups in total. The quantitative estimate of drug-likeness (QED) is 0.889. The lowest BCUT2D eigenvalue weighted by atomic mass is 10.1. The van der Waals surface area contributed by atoms with Crippen LogP contribution in [-0.4, -0.2) is 11.8 Å². The summed E-state index contributed by atoms with van der Waals surface area (Å²) >= 11 is 3.19. The molecule has 0 bridgehead atoms. The van der Waals surface area contributed by atoms with Gasteiger partial charge in [0, 0.05) is 10.2 Å². The molecule has 0 aliphatic heterocycles. The van der Waals surface area contributed by atoms with E-state index in [1.54, 1.807) is 24.3 Å². The van der Waals surface area contributed by atoms with Gasteiger partial charge in [0.05, 0.1) is 12.0 Å². The fraction of sp³-hybridized carbons (Fsp3) is 0.0667. The molecule has 6 heteroatoms. The number of amides is 2. The lowest BCUT2D eigenvalue weighted by Gasteiger charge is -2.10. The number of hydrogen-bond acceptors (Lipinski definition) is 2. The smallest absolute Gasteiger partial charge is 0.258 e. The Morgan fingerprint density at radius 2 is 1.90 bits per heavy atom. The molecular formula is C15H12BrFN2O2. The number of anilines is 1. The van der Waals surface area contributed by atoms with Crippen LogP contribution in [0.2, 0.25) is 0 Å². The van der Waals surface area contributed by atoms with Crippen molar-refractivity contribution in [3.63, 3.8) is 0 Å². The summed E-state index contributed by atoms with van der Waals surface area (Å²) in [6, 6.07) is 10.8. The number of para-hydroxylation sites is 1. The average molecular weight is 351 g/mol. The van der Waals surface area contributed by atoms with E-state index in [-0.39, 0.29) is 12.0 Å². The summed E-state index contributed by atoms with van der Waals surface area (Å²) in [5, 5.41) is 2.59. The van der Waals surface area contributed by atoms with Gasteiger partial charge in [0.1, 0.15) is 5.82 Å². The van der Waals surface area contributed by atoms with Gasteiger partial charge in [-0.05, 0) is 29.8 Å². The van der Waals surface area contributed by atoms with E-state index in [1.807, 2.05) is 0 Å². The molecule has 2 aromatic carbocycles. The third kappa shape index (κ3) is 3.88. The largest absolute Gasteiger partial charge is 0.369 e. The third-order valence-corrected chi connectivity index (χ3v) is 3.30. The Balaban J connectivity index is 2.27. The molecule has 0 atom stereocenters. The highest BCUT2D eigenvalue weighted by atomic mass is 79.9. The monoisotopic (exact) mass is 350 g/mol. The highest BCUT2D eigenvalue weighted by molar-refractivity contribution is 9.10. The van der Waals surface area contributed by atoms with Crippen LogP contribution in [-0.2, 0) is 11.2 Å². The first-order valence-corrected chi connectivity index (χ1v) is 6.89. The maximum Gasteiger partial charge on any atom is 0.258 e. The van der Waals surface area contributed by atoms with Crippen LogP contribution >= 0.6 is 15.9 Å². The number of nitrogens with one attached hydrogen (secondary N) is 1. The molecule has 4 nitrogen and oxygen atoms in total. The zero-order valence-electron chi connectivity index (χ0n) is 10.9. The van der Waals surface area contributed by atoms with Crippen molar-refractivity contribution in [1.29, 1.82) is 0 Å². The van der Waals surface area contributed by atoms with Crippen molar-refractivity contribution in [2.75, 3.05) is 5.32 Å². The van der Waals surface area contributed by atoms with Crippen molar-refractivity contribution in [3.8, 4) is 0 Å². The molecule has 2 rings (SSSR count). The van der Waals surface area contributed by atoms with Crippen LogP contribution in [0.4, 0.5) is 10.1 Å². The number of nitrogens with two attached hydrogens (primary N) is 1. The SMILES string of the molecule is NC(=O)Cc1ccccc1NC(=O)c1cc(Br)ccc1F. The molecule has 2 aromatic rings. The fourth-order valence-corrected chi connectivity index (χ4v) is 2.21. The molecule has 0 saturated heterocycles. The number of rotatable bonds is 4. The van der Waals surface area contributed by atoms with Crippen LogP contribution in [0.15, 0.2) is 46.9 Å². The van der Waals surface area contributed by atoms with Gasteiger partial charge >= 0.3 is 0 Å². The summed E-state index contributed by atoms with van der Waals surface area (Å²) in [7, 11) is 0. The van der Waals surface area contributed by atoms with Gasteiger partial charge in [-0.15, -0.1) is 0 Å². The van der Waals surface area contributed by atoms with E-state index in [0.29, 0.717) is 15.7 Å². The van der Waals surface area contributed by atoms with Crippen molar-refractivity contribution in [2.45, 2.75) is 6.42 Å². The number of halogens is 2. The Bertz CT molecular complexity index is 704. The highest BCUT2D eigenvalue weighted by Crippen LogP contribution is 2.20. The Kier molecular flexibility index (Phi) is 4.70. The lowest BCUT2D eigenvalue weighted by molar-refractivity contribution is -0.117. The van der Waals surface area contributed by atoms with Crippen molar-refractivity contribution < 1.29 is 14.0 Å². The number of benzene rings is 2. The predicted octanol–water partition coefficient (Wildman–Crippen LogP) is 2.87. The van der Waals surface area contributed by atoms with Crippen LogP contribution in [0.1, 0.15) is 15.9 Å². The van der Waals surface area contributed by atoms with Gasteiger partial charge in [0.2, 0.25) is 5.91 Å². The van der Waals surface area contributed by atoms with E-state index in [4.69, 9.17) is 5.73 Å². The van der Waals surface area contributed by atoms with Crippen molar-refractivity contribution >= 4 is 33.4 Å². The number of carbonyl (C=O) groups is 2. The molecule has 0 radical (unpaired) electrons. The summed E-state index contributed by atoms with van der Waals surface area (Å²) in [5.41, 5.74) is 6.09. The zero-order valence-corrected chi connectivity index (χ0v) is 12.5. The van der Waals surface area contributed by atoms with Gasteiger partial charge in [-0.2, -0.15) is 0 Å². The maximum absolute atomic E-state index is 13.7. The summed E-state index contributed by atoms with van der Waals surface area (Å²) in [5.74, 6) is -1.72. The van der Waals surface area contributed by atoms with Crippen LogP contribution in [0, 0.1) is 5.82 Å². The molecule has 0 heterocycles. The Morgan fingerprint density at radius 1 is 1.19 bits per heavy atom. The average Bonchev–Trinajstić information content (AvgIpc) is 2.43. The molecule has 0 aliphatic carbocycles. The van der Waals surface area contributed by atoms with Gasteiger partial charge in [-0.3, -0.25) is 9.59 Å². The number of hydrogen-bond donors (Lipinski definition) is 2. The topological polar surface area (TPSA) is 72.2 Å². The second-order valence-electron chi connectivity index (χ2n) is 4.38. The summed E-state index contributed by atoms with van der Waals surface area (Å²) in [4.78, 5) is 23.2. The second-order valence-corrected chi connectivity index (χ2v) is 5.29. The van der Waals surface area contributed by atoms with Crippen LogP contribution in [0.3, 0.4) is 0 Å². The lowest BCUT2D eigenvalue weighted by Crippen LogP contribution is -2.18. The molecule has 0 saturated carbocycles. The Hall–Kier alpha value is -2.21. The number of primary amides is 1. The van der Waals surface area contributed by atoms with Crippen LogP contribution in [0.5, 0.6) is 0 Å². The normalized spacial score (nSPS) is 10.2. The van der Waals surface area contributed by atoms with Gasteiger partial charge in [-0.25, -0.2) is 4.39 Å². The Labute approximate surface area is 129 Å². The first-order valence-electron chi connectivity index (χ1n) is 6.10. The Morgan fingerprint density at radius 3 is 2.62 bits per heavy atom. The van der Waals surface area contributed by atoms with E-state index in [2.05, 4.69) is 21.2 Å². The van der Waals surface area contributed by atoms with E-state index in [9.17, 15) is 14.0 Å². The molecule has 108 valence electrons. The molecular weight excluding hydrogens is 339 g/mol. The molecule has 21 heavy (non-hydrogen) atoms. The van der Waals surface area contributed by atoms with E-state index in [1.165, 1.54) is 18.2 Å². The first-order chi connectivity index (χ1) is 9.97. The molecule has 0 fully saturated rings. The van der Waals surface area contributed by atoms with Crippen molar-refractivity contribution in [2.24, 2.45) is 5.73 Å². The predicted molar refractivity (Wildman–Crippen MR) is 81.4 cm³/mol. The first kappa shape index (κ1) is 15.2.